The molecule has 4 heterocycles. The van der Waals surface area contributed by atoms with Crippen molar-refractivity contribution in [2.24, 2.45) is 5.92 Å². The van der Waals surface area contributed by atoms with E-state index in [9.17, 15) is 4.79 Å². The summed E-state index contributed by atoms with van der Waals surface area (Å²) < 4.78 is 0.877. The molecule has 2 aromatic rings. The number of nitrogens with one attached hydrogen (secondary N) is 1. The molecule has 0 spiro atoms. The third-order valence-electron chi connectivity index (χ3n) is 5.68. The molecule has 1 atom stereocenters. The highest BCUT2D eigenvalue weighted by atomic mass is 35.5. The first-order chi connectivity index (χ1) is 11.4. The van der Waals surface area contributed by atoms with E-state index in [1.807, 2.05) is 12.1 Å². The minimum atomic E-state index is -0.00443. The third kappa shape index (κ3) is 2.55. The first kappa shape index (κ1) is 16.6. The van der Waals surface area contributed by atoms with Gasteiger partial charge in [0.05, 0.1) is 19.6 Å². The second-order valence-corrected chi connectivity index (χ2v) is 9.16. The molecule has 1 N–H and O–H groups in total. The second kappa shape index (κ2) is 5.87. The number of carbonyl (C=O) groups is 1. The van der Waals surface area contributed by atoms with E-state index in [-0.39, 0.29) is 17.5 Å². The molecule has 3 saturated heterocycles. The number of halogens is 2. The van der Waals surface area contributed by atoms with Crippen molar-refractivity contribution in [2.45, 2.75) is 38.3 Å². The highest BCUT2D eigenvalue weighted by molar-refractivity contribution is 7.21. The molecule has 128 valence electrons. The predicted octanol–water partition coefficient (Wildman–Crippen LogP) is 4.81. The number of hydrogen-bond donors (Lipinski definition) is 1. The van der Waals surface area contributed by atoms with Gasteiger partial charge in [-0.2, -0.15) is 0 Å². The van der Waals surface area contributed by atoms with Crippen molar-refractivity contribution < 1.29 is 4.79 Å². The van der Waals surface area contributed by atoms with Crippen LogP contribution in [0.5, 0.6) is 0 Å². The van der Waals surface area contributed by atoms with Gasteiger partial charge in [-0.3, -0.25) is 9.69 Å². The summed E-state index contributed by atoms with van der Waals surface area (Å²) in [5.41, 5.74) is 0.00839. The maximum Gasteiger partial charge on any atom is 0.261 e. The predicted molar refractivity (Wildman–Crippen MR) is 101 cm³/mol. The highest BCUT2D eigenvalue weighted by Crippen LogP contribution is 2.40. The molecule has 6 heteroatoms. The minimum Gasteiger partial charge on any atom is -0.346 e. The lowest BCUT2D eigenvalue weighted by Crippen LogP contribution is -2.69. The molecule has 1 aromatic heterocycles. The van der Waals surface area contributed by atoms with Gasteiger partial charge in [-0.25, -0.2) is 0 Å². The van der Waals surface area contributed by atoms with Gasteiger partial charge in [-0.05, 0) is 63.2 Å². The molecule has 0 unspecified atom stereocenters. The normalized spacial score (nSPS) is 28.2. The van der Waals surface area contributed by atoms with Gasteiger partial charge < -0.3 is 5.32 Å². The van der Waals surface area contributed by atoms with Crippen molar-refractivity contribution >= 4 is 50.5 Å². The Morgan fingerprint density at radius 2 is 2.00 bits per heavy atom. The Bertz CT molecular complexity index is 809. The highest BCUT2D eigenvalue weighted by Gasteiger charge is 2.48. The third-order valence-corrected chi connectivity index (χ3v) is 7.76. The monoisotopic (exact) mass is 382 g/mol. The van der Waals surface area contributed by atoms with Crippen LogP contribution in [-0.2, 0) is 0 Å². The van der Waals surface area contributed by atoms with Crippen LogP contribution < -0.4 is 5.32 Å². The van der Waals surface area contributed by atoms with E-state index in [1.54, 1.807) is 6.07 Å². The Morgan fingerprint density at radius 1 is 1.29 bits per heavy atom. The van der Waals surface area contributed by atoms with Gasteiger partial charge in [-0.15, -0.1) is 11.3 Å². The van der Waals surface area contributed by atoms with Crippen molar-refractivity contribution in [3.63, 3.8) is 0 Å². The van der Waals surface area contributed by atoms with Crippen LogP contribution in [0.2, 0.25) is 10.0 Å². The van der Waals surface area contributed by atoms with Crippen LogP contribution in [0.1, 0.15) is 36.4 Å². The zero-order valence-corrected chi connectivity index (χ0v) is 16.1. The van der Waals surface area contributed by atoms with Gasteiger partial charge >= 0.3 is 0 Å². The van der Waals surface area contributed by atoms with Gasteiger partial charge in [0.2, 0.25) is 0 Å². The van der Waals surface area contributed by atoms with Crippen molar-refractivity contribution in [1.29, 1.82) is 0 Å². The zero-order chi connectivity index (χ0) is 17.1. The van der Waals surface area contributed by atoms with Gasteiger partial charge in [0.1, 0.15) is 0 Å². The Morgan fingerprint density at radius 3 is 2.67 bits per heavy atom. The van der Waals surface area contributed by atoms with Crippen molar-refractivity contribution in [2.75, 3.05) is 13.1 Å². The molecule has 0 radical (unpaired) electrons. The van der Waals surface area contributed by atoms with Gasteiger partial charge in [0.15, 0.2) is 0 Å². The molecule has 1 amide bonds. The fourth-order valence-corrected chi connectivity index (χ4v) is 5.75. The summed E-state index contributed by atoms with van der Waals surface area (Å²) in [5.74, 6) is 0.566. The number of nitrogens with zero attached hydrogens (tertiary/aromatic N) is 1. The summed E-state index contributed by atoms with van der Waals surface area (Å²) in [6, 6.07) is 5.79. The zero-order valence-electron chi connectivity index (χ0n) is 13.7. The number of hydrogen-bond acceptors (Lipinski definition) is 3. The number of carbonyl (C=O) groups excluding carboxylic acids is 1. The van der Waals surface area contributed by atoms with Crippen molar-refractivity contribution in [3.05, 3.63) is 33.1 Å². The average Bonchev–Trinajstić information content (AvgIpc) is 3.00. The standard InChI is InChI=1S/C18H20Cl2N2OS/c1-18(2)16(10-5-7-22(18)8-6-10)21-17(23)13-9-11-3-4-12(19)14(20)15(11)24-13/h3-4,9-10,16H,5-8H2,1-2H3,(H,21,23)/t16-/m0/s1. The summed E-state index contributed by atoms with van der Waals surface area (Å²) in [5, 5.41) is 5.32. The lowest BCUT2D eigenvalue weighted by molar-refractivity contribution is -0.0377. The maximum atomic E-state index is 12.8. The van der Waals surface area contributed by atoms with Gasteiger partial charge in [-0.1, -0.05) is 29.3 Å². The maximum absolute atomic E-state index is 12.8. The van der Waals surface area contributed by atoms with E-state index in [4.69, 9.17) is 23.2 Å². The summed E-state index contributed by atoms with van der Waals surface area (Å²) in [7, 11) is 0. The molecule has 2 bridgehead atoms. The van der Waals surface area contributed by atoms with Crippen LogP contribution in [0.3, 0.4) is 0 Å². The Balaban J connectivity index is 1.61. The molecule has 3 aliphatic heterocycles. The van der Waals surface area contributed by atoms with Crippen LogP contribution >= 0.6 is 34.5 Å². The number of benzene rings is 1. The number of fused-ring (bicyclic) bond motifs is 4. The van der Waals surface area contributed by atoms with Crippen LogP contribution in [0.4, 0.5) is 0 Å². The van der Waals surface area contributed by atoms with Crippen LogP contribution in [0.15, 0.2) is 18.2 Å². The second-order valence-electron chi connectivity index (χ2n) is 7.32. The molecule has 3 fully saturated rings. The van der Waals surface area contributed by atoms with E-state index in [0.717, 1.165) is 23.2 Å². The lowest BCUT2D eigenvalue weighted by Gasteiger charge is -2.56. The molecule has 0 saturated carbocycles. The molecule has 5 rings (SSSR count). The van der Waals surface area contributed by atoms with E-state index < -0.39 is 0 Å². The molecule has 3 aliphatic rings. The van der Waals surface area contributed by atoms with Gasteiger partial charge in [0, 0.05) is 11.6 Å². The molecule has 1 aromatic carbocycles. The first-order valence-corrected chi connectivity index (χ1v) is 9.88. The Labute approximate surface area is 155 Å². The quantitative estimate of drug-likeness (QED) is 0.807. The lowest BCUT2D eigenvalue weighted by atomic mass is 9.72. The van der Waals surface area contributed by atoms with E-state index in [0.29, 0.717) is 20.8 Å². The number of thiophene rings is 1. The molecular formula is C18H20Cl2N2OS. The topological polar surface area (TPSA) is 32.3 Å². The fourth-order valence-electron chi connectivity index (χ4n) is 4.25. The average molecular weight is 383 g/mol. The summed E-state index contributed by atoms with van der Waals surface area (Å²) >= 11 is 13.8. The molecular weight excluding hydrogens is 363 g/mol. The van der Waals surface area contributed by atoms with Crippen molar-refractivity contribution in [3.8, 4) is 0 Å². The van der Waals surface area contributed by atoms with Crippen LogP contribution in [0, 0.1) is 5.92 Å². The number of amides is 1. The van der Waals surface area contributed by atoms with E-state index >= 15 is 0 Å². The van der Waals surface area contributed by atoms with Gasteiger partial charge in [0.25, 0.3) is 5.91 Å². The number of piperidine rings is 3. The fraction of sp³-hybridized carbons (Fsp3) is 0.500. The molecule has 3 nitrogen and oxygen atoms in total. The van der Waals surface area contributed by atoms with Crippen LogP contribution in [-0.4, -0.2) is 35.5 Å². The minimum absolute atomic E-state index is 0.00443. The Kier molecular flexibility index (Phi) is 4.07. The SMILES string of the molecule is CC1(C)[C@@H](NC(=O)c2cc3ccc(Cl)c(Cl)c3s2)C2CCN1CC2. The van der Waals surface area contributed by atoms with Crippen LogP contribution in [0.25, 0.3) is 10.1 Å². The summed E-state index contributed by atoms with van der Waals surface area (Å²) in [4.78, 5) is 16.0. The molecule has 0 aliphatic carbocycles. The molecule has 24 heavy (non-hydrogen) atoms. The smallest absolute Gasteiger partial charge is 0.261 e. The van der Waals surface area contributed by atoms with E-state index in [1.165, 1.54) is 24.2 Å². The summed E-state index contributed by atoms with van der Waals surface area (Å²) in [6.45, 7) is 6.76. The van der Waals surface area contributed by atoms with Crippen molar-refractivity contribution in [1.82, 2.24) is 10.2 Å². The summed E-state index contributed by atoms with van der Waals surface area (Å²) in [6.07, 6.45) is 2.34. The Hall–Kier alpha value is -0.810. The number of rotatable bonds is 2. The largest absolute Gasteiger partial charge is 0.346 e. The van der Waals surface area contributed by atoms with E-state index in [2.05, 4.69) is 24.1 Å². The first-order valence-electron chi connectivity index (χ1n) is 8.31.